The molecule has 170 valence electrons. The van der Waals surface area contributed by atoms with E-state index < -0.39 is 6.04 Å². The van der Waals surface area contributed by atoms with E-state index >= 15 is 0 Å². The Morgan fingerprint density at radius 1 is 1.25 bits per heavy atom. The molecule has 9 heteroatoms. The van der Waals surface area contributed by atoms with Gasteiger partial charge in [0.2, 0.25) is 0 Å². The van der Waals surface area contributed by atoms with E-state index in [9.17, 15) is 9.59 Å². The number of para-hydroxylation sites is 2. The second-order valence-corrected chi connectivity index (χ2v) is 7.61. The smallest absolute Gasteiger partial charge is 0.322 e. The molecule has 2 amide bonds. The molecule has 0 fully saturated rings. The first-order valence-electron chi connectivity index (χ1n) is 10.3. The molecular formula is C23H27ClN4O4. The largest absolute Gasteiger partial charge is 0.495 e. The number of rotatable bonds is 8. The number of nitrogens with zero attached hydrogens (tertiary/aromatic N) is 3. The van der Waals surface area contributed by atoms with E-state index in [1.54, 1.807) is 54.0 Å². The normalized spacial score (nSPS) is 11.9. The number of ether oxygens (including phenoxy) is 2. The molecule has 8 nitrogen and oxygen atoms in total. The van der Waals surface area contributed by atoms with Gasteiger partial charge in [-0.1, -0.05) is 23.7 Å². The maximum absolute atomic E-state index is 13.3. The lowest BCUT2D eigenvalue weighted by Crippen LogP contribution is -2.41. The third-order valence-corrected chi connectivity index (χ3v) is 5.48. The Balaban J connectivity index is 2.02. The van der Waals surface area contributed by atoms with E-state index in [0.717, 1.165) is 0 Å². The maximum atomic E-state index is 13.3. The van der Waals surface area contributed by atoms with Gasteiger partial charge in [0.25, 0.3) is 5.56 Å². The van der Waals surface area contributed by atoms with E-state index in [-0.39, 0.29) is 11.6 Å². The summed E-state index contributed by atoms with van der Waals surface area (Å²) in [6, 6.07) is 11.3. The monoisotopic (exact) mass is 458 g/mol. The number of urea groups is 1. The van der Waals surface area contributed by atoms with Crippen LogP contribution in [0.3, 0.4) is 0 Å². The zero-order valence-corrected chi connectivity index (χ0v) is 19.3. The number of fused-ring (bicyclic) bond motifs is 1. The molecule has 1 heterocycles. The number of anilines is 1. The number of benzene rings is 2. The Bertz CT molecular complexity index is 1160. The highest BCUT2D eigenvalue weighted by Crippen LogP contribution is 2.26. The fraction of sp³-hybridized carbons (Fsp3) is 0.348. The summed E-state index contributed by atoms with van der Waals surface area (Å²) in [6.07, 6.45) is 0. The Morgan fingerprint density at radius 3 is 2.69 bits per heavy atom. The molecule has 1 aromatic heterocycles. The third-order valence-electron chi connectivity index (χ3n) is 5.25. The molecule has 2 aromatic carbocycles. The molecular weight excluding hydrogens is 432 g/mol. The standard InChI is InChI=1S/C23H27ClN4O4/c1-5-27-21(25-18-11-10-16(24)14-17(18)22(27)29)15(2)28(12-13-31-3)23(30)26-19-8-6-7-9-20(19)32-4/h6-11,14-15H,5,12-13H2,1-4H3,(H,26,30). The van der Waals surface area contributed by atoms with Crippen molar-refractivity contribution in [1.82, 2.24) is 14.5 Å². The van der Waals surface area contributed by atoms with Crippen LogP contribution in [-0.4, -0.2) is 47.9 Å². The molecule has 3 aromatic rings. The van der Waals surface area contributed by atoms with Crippen molar-refractivity contribution in [1.29, 1.82) is 0 Å². The van der Waals surface area contributed by atoms with Crippen LogP contribution in [0.25, 0.3) is 10.9 Å². The van der Waals surface area contributed by atoms with Crippen LogP contribution < -0.4 is 15.6 Å². The summed E-state index contributed by atoms with van der Waals surface area (Å²) < 4.78 is 12.1. The molecule has 0 spiro atoms. The predicted molar refractivity (Wildman–Crippen MR) is 126 cm³/mol. The van der Waals surface area contributed by atoms with Gasteiger partial charge in [0.05, 0.1) is 36.3 Å². The van der Waals surface area contributed by atoms with Crippen molar-refractivity contribution in [3.63, 3.8) is 0 Å². The molecule has 0 saturated heterocycles. The fourth-order valence-electron chi connectivity index (χ4n) is 3.57. The first kappa shape index (κ1) is 23.6. The highest BCUT2D eigenvalue weighted by molar-refractivity contribution is 6.31. The SMILES string of the molecule is CCn1c(C(C)N(CCOC)C(=O)Nc2ccccc2OC)nc2ccc(Cl)cc2c1=O. The number of carbonyl (C=O) groups excluding carboxylic acids is 1. The fourth-order valence-corrected chi connectivity index (χ4v) is 3.74. The molecule has 1 N–H and O–H groups in total. The van der Waals surface area contributed by atoms with Crippen LogP contribution in [0, 0.1) is 0 Å². The topological polar surface area (TPSA) is 85.7 Å². The Labute approximate surface area is 191 Å². The summed E-state index contributed by atoms with van der Waals surface area (Å²) in [4.78, 5) is 32.7. The number of carbonyl (C=O) groups is 1. The van der Waals surface area contributed by atoms with Gasteiger partial charge < -0.3 is 19.7 Å². The number of halogens is 1. The molecule has 1 unspecified atom stereocenters. The van der Waals surface area contributed by atoms with E-state index in [1.807, 2.05) is 26.0 Å². The van der Waals surface area contributed by atoms with E-state index in [0.29, 0.717) is 52.9 Å². The molecule has 32 heavy (non-hydrogen) atoms. The lowest BCUT2D eigenvalue weighted by molar-refractivity contribution is 0.136. The molecule has 0 bridgehead atoms. The van der Waals surface area contributed by atoms with Gasteiger partial charge in [-0.3, -0.25) is 9.36 Å². The number of nitrogens with one attached hydrogen (secondary N) is 1. The number of methoxy groups -OCH3 is 2. The maximum Gasteiger partial charge on any atom is 0.322 e. The minimum Gasteiger partial charge on any atom is -0.495 e. The van der Waals surface area contributed by atoms with Gasteiger partial charge in [0.1, 0.15) is 11.6 Å². The average molecular weight is 459 g/mol. The summed E-state index contributed by atoms with van der Waals surface area (Å²) in [7, 11) is 3.11. The molecule has 0 aliphatic heterocycles. The molecule has 3 rings (SSSR count). The van der Waals surface area contributed by atoms with E-state index in [2.05, 4.69) is 5.32 Å². The third kappa shape index (κ3) is 4.87. The van der Waals surface area contributed by atoms with Gasteiger partial charge in [-0.15, -0.1) is 0 Å². The van der Waals surface area contributed by atoms with Crippen molar-refractivity contribution in [2.24, 2.45) is 0 Å². The summed E-state index contributed by atoms with van der Waals surface area (Å²) in [5, 5.41) is 3.80. The first-order valence-corrected chi connectivity index (χ1v) is 10.7. The summed E-state index contributed by atoms with van der Waals surface area (Å²) in [6.45, 7) is 4.73. The van der Waals surface area contributed by atoms with Crippen molar-refractivity contribution in [3.05, 3.63) is 63.7 Å². The van der Waals surface area contributed by atoms with Crippen LogP contribution in [0.4, 0.5) is 10.5 Å². The molecule has 0 radical (unpaired) electrons. The highest BCUT2D eigenvalue weighted by Gasteiger charge is 2.26. The second-order valence-electron chi connectivity index (χ2n) is 7.17. The minimum atomic E-state index is -0.507. The van der Waals surface area contributed by atoms with Crippen LogP contribution in [0.15, 0.2) is 47.3 Å². The number of aromatic nitrogens is 2. The summed E-state index contributed by atoms with van der Waals surface area (Å²) in [5.74, 6) is 1.03. The van der Waals surface area contributed by atoms with Gasteiger partial charge in [-0.25, -0.2) is 9.78 Å². The predicted octanol–water partition coefficient (Wildman–Crippen LogP) is 4.32. The zero-order valence-electron chi connectivity index (χ0n) is 18.6. The summed E-state index contributed by atoms with van der Waals surface area (Å²) in [5.41, 5.74) is 0.880. The van der Waals surface area contributed by atoms with Crippen molar-refractivity contribution in [2.45, 2.75) is 26.4 Å². The molecule has 0 aliphatic carbocycles. The van der Waals surface area contributed by atoms with Gasteiger partial charge in [-0.05, 0) is 44.2 Å². The van der Waals surface area contributed by atoms with Gasteiger partial charge in [-0.2, -0.15) is 0 Å². The molecule has 0 aliphatic rings. The van der Waals surface area contributed by atoms with Crippen LogP contribution in [-0.2, 0) is 11.3 Å². The van der Waals surface area contributed by atoms with Crippen molar-refractivity contribution < 1.29 is 14.3 Å². The van der Waals surface area contributed by atoms with Crippen LogP contribution in [0.5, 0.6) is 5.75 Å². The van der Waals surface area contributed by atoms with Crippen LogP contribution >= 0.6 is 11.6 Å². The van der Waals surface area contributed by atoms with Crippen LogP contribution in [0.2, 0.25) is 5.02 Å². The van der Waals surface area contributed by atoms with Gasteiger partial charge in [0, 0.05) is 25.2 Å². The van der Waals surface area contributed by atoms with E-state index in [4.69, 9.17) is 26.1 Å². The quantitative estimate of drug-likeness (QED) is 0.543. The number of hydrogen-bond acceptors (Lipinski definition) is 5. The number of amides is 2. The summed E-state index contributed by atoms with van der Waals surface area (Å²) >= 11 is 6.08. The van der Waals surface area contributed by atoms with E-state index in [1.165, 1.54) is 0 Å². The highest BCUT2D eigenvalue weighted by atomic mass is 35.5. The van der Waals surface area contributed by atoms with Gasteiger partial charge >= 0.3 is 6.03 Å². The van der Waals surface area contributed by atoms with Crippen molar-refractivity contribution >= 4 is 34.2 Å². The van der Waals surface area contributed by atoms with Crippen LogP contribution in [0.1, 0.15) is 25.7 Å². The lowest BCUT2D eigenvalue weighted by Gasteiger charge is -2.30. The van der Waals surface area contributed by atoms with Crippen molar-refractivity contribution in [3.8, 4) is 5.75 Å². The lowest BCUT2D eigenvalue weighted by atomic mass is 10.2. The second kappa shape index (κ2) is 10.5. The Kier molecular flexibility index (Phi) is 7.71. The number of hydrogen-bond donors (Lipinski definition) is 1. The Hall–Kier alpha value is -3.10. The minimum absolute atomic E-state index is 0.196. The average Bonchev–Trinajstić information content (AvgIpc) is 2.79. The van der Waals surface area contributed by atoms with Crippen molar-refractivity contribution in [2.75, 3.05) is 32.7 Å². The molecule has 1 atom stereocenters. The first-order chi connectivity index (χ1) is 15.4. The van der Waals surface area contributed by atoms with Gasteiger partial charge in [0.15, 0.2) is 0 Å². The zero-order chi connectivity index (χ0) is 23.3. The Morgan fingerprint density at radius 2 is 2.00 bits per heavy atom. The molecule has 0 saturated carbocycles.